The van der Waals surface area contributed by atoms with E-state index >= 15 is 0 Å². The molecule has 1 heterocycles. The van der Waals surface area contributed by atoms with E-state index in [-0.39, 0.29) is 0 Å². The van der Waals surface area contributed by atoms with Crippen molar-refractivity contribution in [2.75, 3.05) is 13.7 Å². The molecule has 3 nitrogen and oxygen atoms in total. The summed E-state index contributed by atoms with van der Waals surface area (Å²) in [5.74, 6) is 0.754. The van der Waals surface area contributed by atoms with Crippen molar-refractivity contribution < 1.29 is 4.74 Å². The minimum Gasteiger partial charge on any atom is -0.478 e. The number of aromatic nitrogens is 1. The average Bonchev–Trinajstić information content (AvgIpc) is 2.27. The van der Waals surface area contributed by atoms with Crippen LogP contribution in [0.1, 0.15) is 45.4 Å². The normalized spacial score (nSPS) is 11.6. The van der Waals surface area contributed by atoms with Crippen LogP contribution in [0.25, 0.3) is 0 Å². The molecule has 0 aliphatic rings. The number of rotatable bonds is 6. The smallest absolute Gasteiger partial charge is 0.213 e. The summed E-state index contributed by atoms with van der Waals surface area (Å²) in [5.41, 5.74) is 2.62. The molecule has 1 aromatic heterocycles. The lowest BCUT2D eigenvalue weighted by Crippen LogP contribution is -2.12. The summed E-state index contributed by atoms with van der Waals surface area (Å²) in [6.45, 7) is 10.4. The first-order chi connectivity index (χ1) is 8.44. The van der Waals surface area contributed by atoms with Gasteiger partial charge in [0, 0.05) is 18.3 Å². The molecule has 0 aliphatic carbocycles. The Balaban J connectivity index is 2.66. The minimum absolute atomic E-state index is 0.302. The Labute approximate surface area is 111 Å². The molecular weight excluding hydrogens is 224 g/mol. The van der Waals surface area contributed by atoms with Gasteiger partial charge in [0.05, 0.1) is 6.61 Å². The largest absolute Gasteiger partial charge is 0.478 e. The van der Waals surface area contributed by atoms with Gasteiger partial charge in [-0.05, 0) is 36.9 Å². The quantitative estimate of drug-likeness (QED) is 0.842. The SMILES string of the molecule is CCc1cc(CNC)cc(OCCC(C)(C)C)n1. The fourth-order valence-corrected chi connectivity index (χ4v) is 1.64. The van der Waals surface area contributed by atoms with Gasteiger partial charge in [-0.3, -0.25) is 0 Å². The fraction of sp³-hybridized carbons (Fsp3) is 0.667. The van der Waals surface area contributed by atoms with E-state index in [0.717, 1.165) is 37.6 Å². The van der Waals surface area contributed by atoms with Crippen molar-refractivity contribution in [1.29, 1.82) is 0 Å². The molecule has 102 valence electrons. The molecule has 1 rings (SSSR count). The predicted octanol–water partition coefficient (Wildman–Crippen LogP) is 3.18. The van der Waals surface area contributed by atoms with Gasteiger partial charge in [0.25, 0.3) is 0 Å². The number of ether oxygens (including phenoxy) is 1. The van der Waals surface area contributed by atoms with Crippen LogP contribution >= 0.6 is 0 Å². The lowest BCUT2D eigenvalue weighted by molar-refractivity contribution is 0.236. The third kappa shape index (κ3) is 5.50. The Bertz CT molecular complexity index is 369. The maximum absolute atomic E-state index is 5.77. The van der Waals surface area contributed by atoms with E-state index in [4.69, 9.17) is 4.74 Å². The van der Waals surface area contributed by atoms with Gasteiger partial charge >= 0.3 is 0 Å². The second kappa shape index (κ2) is 6.74. The van der Waals surface area contributed by atoms with Crippen LogP contribution in [-0.4, -0.2) is 18.6 Å². The Morgan fingerprint density at radius 3 is 2.56 bits per heavy atom. The van der Waals surface area contributed by atoms with Gasteiger partial charge in [-0.25, -0.2) is 4.98 Å². The highest BCUT2D eigenvalue weighted by Gasteiger charge is 2.10. The van der Waals surface area contributed by atoms with Crippen molar-refractivity contribution in [2.24, 2.45) is 5.41 Å². The molecule has 18 heavy (non-hydrogen) atoms. The molecule has 0 aromatic carbocycles. The van der Waals surface area contributed by atoms with E-state index in [1.165, 1.54) is 5.56 Å². The van der Waals surface area contributed by atoms with Crippen molar-refractivity contribution in [3.05, 3.63) is 23.4 Å². The summed E-state index contributed by atoms with van der Waals surface area (Å²) in [4.78, 5) is 4.50. The number of nitrogens with zero attached hydrogens (tertiary/aromatic N) is 1. The van der Waals surface area contributed by atoms with E-state index in [1.807, 2.05) is 13.1 Å². The van der Waals surface area contributed by atoms with Crippen molar-refractivity contribution in [1.82, 2.24) is 10.3 Å². The highest BCUT2D eigenvalue weighted by molar-refractivity contribution is 5.25. The molecule has 0 saturated carbocycles. The molecule has 0 unspecified atom stereocenters. The molecule has 0 atom stereocenters. The van der Waals surface area contributed by atoms with Crippen LogP contribution in [0.4, 0.5) is 0 Å². The van der Waals surface area contributed by atoms with Gasteiger partial charge in [-0.1, -0.05) is 27.7 Å². The lowest BCUT2D eigenvalue weighted by Gasteiger charge is -2.18. The van der Waals surface area contributed by atoms with Crippen LogP contribution in [0.3, 0.4) is 0 Å². The van der Waals surface area contributed by atoms with Gasteiger partial charge in [0.2, 0.25) is 5.88 Å². The summed E-state index contributed by atoms with van der Waals surface area (Å²) >= 11 is 0. The van der Waals surface area contributed by atoms with Crippen LogP contribution in [0.15, 0.2) is 12.1 Å². The predicted molar refractivity (Wildman–Crippen MR) is 75.9 cm³/mol. The molecule has 1 N–H and O–H groups in total. The highest BCUT2D eigenvalue weighted by Crippen LogP contribution is 2.19. The molecule has 0 aliphatic heterocycles. The van der Waals surface area contributed by atoms with Gasteiger partial charge in [0.15, 0.2) is 0 Å². The standard InChI is InChI=1S/C15H26N2O/c1-6-13-9-12(11-16-5)10-14(17-13)18-8-7-15(2,3)4/h9-10,16H,6-8,11H2,1-5H3. The van der Waals surface area contributed by atoms with Crippen molar-refractivity contribution >= 4 is 0 Å². The Morgan fingerprint density at radius 2 is 2.00 bits per heavy atom. The van der Waals surface area contributed by atoms with Gasteiger partial charge in [-0.15, -0.1) is 0 Å². The van der Waals surface area contributed by atoms with Gasteiger partial charge in [0.1, 0.15) is 0 Å². The van der Waals surface area contributed by atoms with E-state index in [1.54, 1.807) is 0 Å². The van der Waals surface area contributed by atoms with Crippen molar-refractivity contribution in [2.45, 2.75) is 47.1 Å². The first-order valence-electron chi connectivity index (χ1n) is 6.72. The zero-order valence-corrected chi connectivity index (χ0v) is 12.3. The third-order valence-electron chi connectivity index (χ3n) is 2.76. The van der Waals surface area contributed by atoms with Crippen molar-refractivity contribution in [3.63, 3.8) is 0 Å². The topological polar surface area (TPSA) is 34.1 Å². The number of nitrogens with one attached hydrogen (secondary N) is 1. The summed E-state index contributed by atoms with van der Waals surface area (Å²) in [6.07, 6.45) is 1.97. The molecular formula is C15H26N2O. The zero-order chi connectivity index (χ0) is 13.6. The zero-order valence-electron chi connectivity index (χ0n) is 12.3. The Kier molecular flexibility index (Phi) is 5.60. The van der Waals surface area contributed by atoms with E-state index in [2.05, 4.69) is 44.1 Å². The summed E-state index contributed by atoms with van der Waals surface area (Å²) < 4.78 is 5.77. The molecule has 1 aromatic rings. The molecule has 0 fully saturated rings. The molecule has 0 bridgehead atoms. The van der Waals surface area contributed by atoms with E-state index in [0.29, 0.717) is 5.41 Å². The third-order valence-corrected chi connectivity index (χ3v) is 2.76. The molecule has 0 amide bonds. The fourth-order valence-electron chi connectivity index (χ4n) is 1.64. The van der Waals surface area contributed by atoms with Crippen LogP contribution in [0, 0.1) is 5.41 Å². The second-order valence-electron chi connectivity index (χ2n) is 5.85. The monoisotopic (exact) mass is 250 g/mol. The Hall–Kier alpha value is -1.09. The molecule has 0 spiro atoms. The van der Waals surface area contributed by atoms with Crippen LogP contribution in [0.2, 0.25) is 0 Å². The first-order valence-corrected chi connectivity index (χ1v) is 6.72. The van der Waals surface area contributed by atoms with E-state index in [9.17, 15) is 0 Å². The summed E-state index contributed by atoms with van der Waals surface area (Å²) in [6, 6.07) is 4.16. The first kappa shape index (κ1) is 15.0. The second-order valence-corrected chi connectivity index (χ2v) is 5.85. The highest BCUT2D eigenvalue weighted by atomic mass is 16.5. The summed E-state index contributed by atoms with van der Waals surface area (Å²) in [7, 11) is 1.95. The molecule has 0 saturated heterocycles. The van der Waals surface area contributed by atoms with Crippen LogP contribution < -0.4 is 10.1 Å². The van der Waals surface area contributed by atoms with Crippen LogP contribution in [-0.2, 0) is 13.0 Å². The molecule has 0 radical (unpaired) electrons. The Morgan fingerprint density at radius 1 is 1.28 bits per heavy atom. The maximum Gasteiger partial charge on any atom is 0.213 e. The summed E-state index contributed by atoms with van der Waals surface area (Å²) in [5, 5.41) is 3.16. The number of aryl methyl sites for hydroxylation is 1. The van der Waals surface area contributed by atoms with Crippen LogP contribution in [0.5, 0.6) is 5.88 Å². The average molecular weight is 250 g/mol. The maximum atomic E-state index is 5.77. The number of pyridine rings is 1. The lowest BCUT2D eigenvalue weighted by atomic mass is 9.93. The van der Waals surface area contributed by atoms with Crippen molar-refractivity contribution in [3.8, 4) is 5.88 Å². The number of hydrogen-bond acceptors (Lipinski definition) is 3. The van der Waals surface area contributed by atoms with Gasteiger partial charge in [-0.2, -0.15) is 0 Å². The number of hydrogen-bond donors (Lipinski definition) is 1. The molecule has 3 heteroatoms. The van der Waals surface area contributed by atoms with Gasteiger partial charge < -0.3 is 10.1 Å². The van der Waals surface area contributed by atoms with E-state index < -0.39 is 0 Å². The minimum atomic E-state index is 0.302.